The summed E-state index contributed by atoms with van der Waals surface area (Å²) in [6.07, 6.45) is 2.58. The van der Waals surface area contributed by atoms with Gasteiger partial charge in [0, 0.05) is 37.7 Å². The van der Waals surface area contributed by atoms with Gasteiger partial charge in [0.05, 0.1) is 11.9 Å². The summed E-state index contributed by atoms with van der Waals surface area (Å²) in [5, 5.41) is 3.51. The van der Waals surface area contributed by atoms with E-state index >= 15 is 0 Å². The lowest BCUT2D eigenvalue weighted by Gasteiger charge is -2.33. The first-order chi connectivity index (χ1) is 12.2. The number of rotatable bonds is 5. The van der Waals surface area contributed by atoms with Crippen LogP contribution < -0.4 is 10.2 Å². The quantitative estimate of drug-likeness (QED) is 0.830. The fourth-order valence-corrected chi connectivity index (χ4v) is 2.79. The standard InChI is InChI=1S/C18H19ClN4O2/c19-15-3-1-14(2-4-15)11-21-18(25)17-6-5-16(12-20-17)23-9-7-22(13-24)8-10-23/h1-6,12-13H,7-11H2,(H,21,25). The van der Waals surface area contributed by atoms with Crippen LogP contribution in [0.25, 0.3) is 0 Å². The molecule has 1 aromatic heterocycles. The van der Waals surface area contributed by atoms with Gasteiger partial charge in [-0.05, 0) is 29.8 Å². The van der Waals surface area contributed by atoms with Gasteiger partial charge in [-0.3, -0.25) is 9.59 Å². The maximum atomic E-state index is 12.2. The zero-order valence-electron chi connectivity index (χ0n) is 13.7. The number of nitrogens with zero attached hydrogens (tertiary/aromatic N) is 3. The van der Waals surface area contributed by atoms with Gasteiger partial charge in [-0.15, -0.1) is 0 Å². The average molecular weight is 359 g/mol. The highest BCUT2D eigenvalue weighted by molar-refractivity contribution is 6.30. The summed E-state index contributed by atoms with van der Waals surface area (Å²) in [4.78, 5) is 31.1. The van der Waals surface area contributed by atoms with E-state index in [4.69, 9.17) is 11.6 Å². The molecule has 1 saturated heterocycles. The Balaban J connectivity index is 1.55. The molecule has 25 heavy (non-hydrogen) atoms. The van der Waals surface area contributed by atoms with Crippen molar-refractivity contribution in [3.63, 3.8) is 0 Å². The van der Waals surface area contributed by atoms with E-state index in [1.54, 1.807) is 29.3 Å². The lowest BCUT2D eigenvalue weighted by molar-refractivity contribution is -0.118. The predicted molar refractivity (Wildman–Crippen MR) is 96.7 cm³/mol. The van der Waals surface area contributed by atoms with E-state index in [1.165, 1.54) is 0 Å². The van der Waals surface area contributed by atoms with Crippen molar-refractivity contribution in [1.82, 2.24) is 15.2 Å². The number of halogens is 1. The number of benzene rings is 1. The van der Waals surface area contributed by atoms with Gasteiger partial charge in [0.1, 0.15) is 5.69 Å². The molecule has 1 aliphatic heterocycles. The van der Waals surface area contributed by atoms with Crippen LogP contribution in [0, 0.1) is 0 Å². The second kappa shape index (κ2) is 7.98. The summed E-state index contributed by atoms with van der Waals surface area (Å²) in [6.45, 7) is 3.36. The molecule has 0 atom stereocenters. The zero-order valence-corrected chi connectivity index (χ0v) is 14.4. The molecular formula is C18H19ClN4O2. The summed E-state index contributed by atoms with van der Waals surface area (Å²) < 4.78 is 0. The average Bonchev–Trinajstić information content (AvgIpc) is 2.67. The van der Waals surface area contributed by atoms with Gasteiger partial charge in [0.2, 0.25) is 6.41 Å². The molecule has 1 aliphatic rings. The van der Waals surface area contributed by atoms with Crippen molar-refractivity contribution < 1.29 is 9.59 Å². The van der Waals surface area contributed by atoms with E-state index in [-0.39, 0.29) is 5.91 Å². The minimum Gasteiger partial charge on any atom is -0.367 e. The molecule has 0 aliphatic carbocycles. The van der Waals surface area contributed by atoms with E-state index in [2.05, 4.69) is 15.2 Å². The molecule has 1 fully saturated rings. The second-order valence-electron chi connectivity index (χ2n) is 5.84. The van der Waals surface area contributed by atoms with E-state index in [0.29, 0.717) is 30.4 Å². The Bertz CT molecular complexity index is 726. The van der Waals surface area contributed by atoms with Crippen LogP contribution in [0.15, 0.2) is 42.6 Å². The Labute approximate surface area is 151 Å². The molecule has 130 valence electrons. The minimum absolute atomic E-state index is 0.215. The number of amides is 2. The monoisotopic (exact) mass is 358 g/mol. The molecule has 3 rings (SSSR count). The van der Waals surface area contributed by atoms with Crippen LogP contribution in [0.4, 0.5) is 5.69 Å². The van der Waals surface area contributed by atoms with Gasteiger partial charge < -0.3 is 15.1 Å². The highest BCUT2D eigenvalue weighted by atomic mass is 35.5. The fourth-order valence-electron chi connectivity index (χ4n) is 2.67. The molecule has 0 radical (unpaired) electrons. The number of pyridine rings is 1. The molecule has 1 N–H and O–H groups in total. The Morgan fingerprint density at radius 1 is 1.12 bits per heavy atom. The highest BCUT2D eigenvalue weighted by Gasteiger charge is 2.16. The zero-order chi connectivity index (χ0) is 17.6. The van der Waals surface area contributed by atoms with E-state index in [9.17, 15) is 9.59 Å². The first-order valence-corrected chi connectivity index (χ1v) is 8.46. The summed E-state index contributed by atoms with van der Waals surface area (Å²) in [5.41, 5.74) is 2.31. The minimum atomic E-state index is -0.215. The SMILES string of the molecule is O=CN1CCN(c2ccc(C(=O)NCc3ccc(Cl)cc3)nc2)CC1. The molecule has 0 spiro atoms. The molecule has 6 nitrogen and oxygen atoms in total. The number of carbonyl (C=O) groups excluding carboxylic acids is 2. The number of hydrogen-bond acceptors (Lipinski definition) is 4. The van der Waals surface area contributed by atoms with E-state index in [1.807, 2.05) is 18.2 Å². The highest BCUT2D eigenvalue weighted by Crippen LogP contribution is 2.15. The topological polar surface area (TPSA) is 65.5 Å². The van der Waals surface area contributed by atoms with Crippen LogP contribution in [0.1, 0.15) is 16.1 Å². The number of carbonyl (C=O) groups is 2. The Morgan fingerprint density at radius 2 is 1.84 bits per heavy atom. The van der Waals surface area contributed by atoms with E-state index < -0.39 is 0 Å². The number of nitrogens with one attached hydrogen (secondary N) is 1. The third-order valence-corrected chi connectivity index (χ3v) is 4.43. The molecule has 2 aromatic rings. The van der Waals surface area contributed by atoms with Crippen molar-refractivity contribution in [3.8, 4) is 0 Å². The second-order valence-corrected chi connectivity index (χ2v) is 6.28. The molecule has 2 heterocycles. The van der Waals surface area contributed by atoms with E-state index in [0.717, 1.165) is 30.8 Å². The normalized spacial score (nSPS) is 14.3. The molecular weight excluding hydrogens is 340 g/mol. The molecule has 2 amide bonds. The van der Waals surface area contributed by atoms with Crippen LogP contribution >= 0.6 is 11.6 Å². The summed E-state index contributed by atoms with van der Waals surface area (Å²) in [6, 6.07) is 10.9. The summed E-state index contributed by atoms with van der Waals surface area (Å²) in [5.74, 6) is -0.215. The predicted octanol–water partition coefficient (Wildman–Crippen LogP) is 1.94. The lowest BCUT2D eigenvalue weighted by Crippen LogP contribution is -2.45. The maximum Gasteiger partial charge on any atom is 0.270 e. The van der Waals surface area contributed by atoms with Crippen LogP contribution in [0.3, 0.4) is 0 Å². The van der Waals surface area contributed by atoms with Crippen molar-refractivity contribution >= 4 is 29.6 Å². The molecule has 0 bridgehead atoms. The van der Waals surface area contributed by atoms with Crippen molar-refractivity contribution in [2.75, 3.05) is 31.1 Å². The largest absolute Gasteiger partial charge is 0.367 e. The third-order valence-electron chi connectivity index (χ3n) is 4.18. The molecule has 0 unspecified atom stereocenters. The molecule has 0 saturated carbocycles. The van der Waals surface area contributed by atoms with Gasteiger partial charge in [0.15, 0.2) is 0 Å². The molecule has 1 aromatic carbocycles. The lowest BCUT2D eigenvalue weighted by atomic mass is 10.2. The van der Waals surface area contributed by atoms with Crippen molar-refractivity contribution in [2.24, 2.45) is 0 Å². The van der Waals surface area contributed by atoms with Crippen molar-refractivity contribution in [1.29, 1.82) is 0 Å². The fraction of sp³-hybridized carbons (Fsp3) is 0.278. The maximum absolute atomic E-state index is 12.2. The number of aromatic nitrogens is 1. The van der Waals surface area contributed by atoms with Gasteiger partial charge in [-0.2, -0.15) is 0 Å². The number of hydrogen-bond donors (Lipinski definition) is 1. The van der Waals surface area contributed by atoms with Crippen molar-refractivity contribution in [3.05, 3.63) is 58.9 Å². The number of piperazine rings is 1. The smallest absolute Gasteiger partial charge is 0.270 e. The third kappa shape index (κ3) is 4.48. The van der Waals surface area contributed by atoms with Gasteiger partial charge in [-0.25, -0.2) is 4.98 Å². The van der Waals surface area contributed by atoms with Crippen molar-refractivity contribution in [2.45, 2.75) is 6.54 Å². The van der Waals surface area contributed by atoms with Gasteiger partial charge in [-0.1, -0.05) is 23.7 Å². The van der Waals surface area contributed by atoms with Crippen LogP contribution in [-0.4, -0.2) is 48.4 Å². The Kier molecular flexibility index (Phi) is 5.50. The van der Waals surface area contributed by atoms with Gasteiger partial charge in [0.25, 0.3) is 5.91 Å². The van der Waals surface area contributed by atoms with Crippen LogP contribution in [-0.2, 0) is 11.3 Å². The van der Waals surface area contributed by atoms with Gasteiger partial charge >= 0.3 is 0 Å². The van der Waals surface area contributed by atoms with Crippen LogP contribution in [0.5, 0.6) is 0 Å². The van der Waals surface area contributed by atoms with Crippen LogP contribution in [0.2, 0.25) is 5.02 Å². The summed E-state index contributed by atoms with van der Waals surface area (Å²) in [7, 11) is 0. The first-order valence-electron chi connectivity index (χ1n) is 8.09. The number of anilines is 1. The Hall–Kier alpha value is -2.60. The summed E-state index contributed by atoms with van der Waals surface area (Å²) >= 11 is 5.84. The molecule has 7 heteroatoms. The Morgan fingerprint density at radius 3 is 2.44 bits per heavy atom. The first kappa shape index (κ1) is 17.2.